The zero-order chi connectivity index (χ0) is 11.4. The van der Waals surface area contributed by atoms with Crippen LogP contribution in [0.25, 0.3) is 0 Å². The second kappa shape index (κ2) is 5.25. The van der Waals surface area contributed by atoms with E-state index in [4.69, 9.17) is 11.5 Å². The Balaban J connectivity index is 2.79. The molecule has 0 aliphatic carbocycles. The number of likely N-dealkylation sites (N-methyl/N-ethyl adjacent to an activating group) is 1. The van der Waals surface area contributed by atoms with Crippen molar-refractivity contribution in [1.82, 2.24) is 4.90 Å². The minimum Gasteiger partial charge on any atom is -0.369 e. The highest BCUT2D eigenvalue weighted by Gasteiger charge is 2.22. The average Bonchev–Trinajstić information content (AvgIpc) is 2.54. The van der Waals surface area contributed by atoms with Crippen LogP contribution in [0.1, 0.15) is 18.5 Å². The number of primary amides is 1. The summed E-state index contributed by atoms with van der Waals surface area (Å²) >= 11 is 1.62. The number of thiophene rings is 1. The van der Waals surface area contributed by atoms with Crippen LogP contribution < -0.4 is 11.5 Å². The molecule has 0 bridgehead atoms. The highest BCUT2D eigenvalue weighted by molar-refractivity contribution is 7.07. The molecule has 2 unspecified atom stereocenters. The molecule has 0 aliphatic heterocycles. The van der Waals surface area contributed by atoms with Gasteiger partial charge in [0.05, 0.1) is 12.6 Å². The van der Waals surface area contributed by atoms with Crippen molar-refractivity contribution in [3.05, 3.63) is 22.4 Å². The Kier molecular flexibility index (Phi) is 4.26. The maximum Gasteiger partial charge on any atom is 0.231 e. The van der Waals surface area contributed by atoms with Crippen LogP contribution in [0.2, 0.25) is 0 Å². The van der Waals surface area contributed by atoms with Crippen LogP contribution in [0.3, 0.4) is 0 Å². The Bertz CT molecular complexity index is 310. The summed E-state index contributed by atoms with van der Waals surface area (Å²) in [6.07, 6.45) is 0. The van der Waals surface area contributed by atoms with E-state index >= 15 is 0 Å². The van der Waals surface area contributed by atoms with Gasteiger partial charge in [-0.25, -0.2) is 0 Å². The molecule has 0 aromatic carbocycles. The lowest BCUT2D eigenvalue weighted by atomic mass is 10.0. The van der Waals surface area contributed by atoms with Gasteiger partial charge in [-0.05, 0) is 36.4 Å². The fourth-order valence-electron chi connectivity index (χ4n) is 1.75. The van der Waals surface area contributed by atoms with Gasteiger partial charge in [0, 0.05) is 6.04 Å². The number of carbonyl (C=O) groups excluding carboxylic acids is 1. The summed E-state index contributed by atoms with van der Waals surface area (Å²) in [6.45, 7) is 2.15. The summed E-state index contributed by atoms with van der Waals surface area (Å²) in [6, 6.07) is 2.03. The minimum atomic E-state index is -0.335. The van der Waals surface area contributed by atoms with Crippen LogP contribution in [0, 0.1) is 0 Å². The molecule has 4 N–H and O–H groups in total. The first-order valence-electron chi connectivity index (χ1n) is 4.78. The molecule has 0 spiro atoms. The zero-order valence-corrected chi connectivity index (χ0v) is 9.83. The molecular weight excluding hydrogens is 210 g/mol. The third-order valence-corrected chi connectivity index (χ3v) is 2.96. The van der Waals surface area contributed by atoms with Crippen LogP contribution >= 0.6 is 11.3 Å². The largest absolute Gasteiger partial charge is 0.369 e. The number of nitrogens with two attached hydrogens (primary N) is 2. The molecule has 1 heterocycles. The maximum atomic E-state index is 10.8. The van der Waals surface area contributed by atoms with Gasteiger partial charge >= 0.3 is 0 Å². The third kappa shape index (κ3) is 3.30. The van der Waals surface area contributed by atoms with E-state index in [1.807, 2.05) is 35.7 Å². The van der Waals surface area contributed by atoms with Gasteiger partial charge in [0.1, 0.15) is 0 Å². The van der Waals surface area contributed by atoms with E-state index < -0.39 is 0 Å². The van der Waals surface area contributed by atoms with Crippen LogP contribution in [0.5, 0.6) is 0 Å². The molecule has 1 aromatic rings. The molecule has 5 heteroatoms. The molecule has 2 atom stereocenters. The standard InChI is InChI=1S/C10H17N3OS/c1-7(11)10(8-3-4-15-6-8)13(2)5-9(12)14/h3-4,6-7,10H,5,11H2,1-2H3,(H2,12,14). The molecule has 1 rings (SSSR count). The Labute approximate surface area is 93.9 Å². The fourth-order valence-corrected chi connectivity index (χ4v) is 2.44. The summed E-state index contributed by atoms with van der Waals surface area (Å²) in [4.78, 5) is 12.7. The van der Waals surface area contributed by atoms with Gasteiger partial charge in [0.25, 0.3) is 0 Å². The minimum absolute atomic E-state index is 0.0380. The van der Waals surface area contributed by atoms with Gasteiger partial charge in [-0.1, -0.05) is 0 Å². The molecule has 0 saturated carbocycles. The second-order valence-corrected chi connectivity index (χ2v) is 4.52. The predicted molar refractivity (Wildman–Crippen MR) is 62.5 cm³/mol. The summed E-state index contributed by atoms with van der Waals surface area (Å²) in [7, 11) is 1.86. The summed E-state index contributed by atoms with van der Waals surface area (Å²) < 4.78 is 0. The Morgan fingerprint density at radius 3 is 2.73 bits per heavy atom. The van der Waals surface area contributed by atoms with Crippen molar-refractivity contribution in [2.24, 2.45) is 11.5 Å². The second-order valence-electron chi connectivity index (χ2n) is 3.74. The lowest BCUT2D eigenvalue weighted by Crippen LogP contribution is -2.41. The van der Waals surface area contributed by atoms with E-state index in [0.29, 0.717) is 0 Å². The van der Waals surface area contributed by atoms with Crippen molar-refractivity contribution < 1.29 is 4.79 Å². The monoisotopic (exact) mass is 227 g/mol. The quantitative estimate of drug-likeness (QED) is 0.771. The smallest absolute Gasteiger partial charge is 0.231 e. The maximum absolute atomic E-state index is 10.8. The summed E-state index contributed by atoms with van der Waals surface area (Å²) in [5.41, 5.74) is 12.2. The van der Waals surface area contributed by atoms with Crippen molar-refractivity contribution in [2.45, 2.75) is 19.0 Å². The topological polar surface area (TPSA) is 72.3 Å². The number of hydrogen-bond donors (Lipinski definition) is 2. The summed E-state index contributed by atoms with van der Waals surface area (Å²) in [5.74, 6) is -0.335. The molecule has 4 nitrogen and oxygen atoms in total. The van der Waals surface area contributed by atoms with Gasteiger partial charge in [-0.2, -0.15) is 11.3 Å². The molecule has 1 amide bonds. The Morgan fingerprint density at radius 2 is 2.33 bits per heavy atom. The molecule has 0 aliphatic rings. The van der Waals surface area contributed by atoms with Crippen molar-refractivity contribution in [1.29, 1.82) is 0 Å². The van der Waals surface area contributed by atoms with Crippen molar-refractivity contribution in [2.75, 3.05) is 13.6 Å². The lowest BCUT2D eigenvalue weighted by molar-refractivity contribution is -0.119. The van der Waals surface area contributed by atoms with Gasteiger partial charge in [0.15, 0.2) is 0 Å². The van der Waals surface area contributed by atoms with E-state index in [1.54, 1.807) is 11.3 Å². The van der Waals surface area contributed by atoms with Crippen LogP contribution in [-0.2, 0) is 4.79 Å². The number of hydrogen-bond acceptors (Lipinski definition) is 4. The lowest BCUT2D eigenvalue weighted by Gasteiger charge is -2.29. The first-order valence-corrected chi connectivity index (χ1v) is 5.73. The highest BCUT2D eigenvalue weighted by atomic mass is 32.1. The predicted octanol–water partition coefficient (Wildman–Crippen LogP) is 0.554. The van der Waals surface area contributed by atoms with Crippen molar-refractivity contribution >= 4 is 17.2 Å². The van der Waals surface area contributed by atoms with Gasteiger partial charge in [-0.3, -0.25) is 9.69 Å². The van der Waals surface area contributed by atoms with E-state index in [-0.39, 0.29) is 24.5 Å². The van der Waals surface area contributed by atoms with Crippen molar-refractivity contribution in [3.63, 3.8) is 0 Å². The first kappa shape index (κ1) is 12.2. The SMILES string of the molecule is CC(N)C(c1ccsc1)N(C)CC(N)=O. The Hall–Kier alpha value is -0.910. The molecule has 1 aromatic heterocycles. The van der Waals surface area contributed by atoms with E-state index in [1.165, 1.54) is 0 Å². The zero-order valence-electron chi connectivity index (χ0n) is 9.01. The van der Waals surface area contributed by atoms with Crippen LogP contribution in [-0.4, -0.2) is 30.4 Å². The highest BCUT2D eigenvalue weighted by Crippen LogP contribution is 2.23. The number of amides is 1. The first-order chi connectivity index (χ1) is 7.02. The third-order valence-electron chi connectivity index (χ3n) is 2.26. The van der Waals surface area contributed by atoms with E-state index in [9.17, 15) is 4.79 Å². The van der Waals surface area contributed by atoms with E-state index in [2.05, 4.69) is 0 Å². The van der Waals surface area contributed by atoms with Crippen LogP contribution in [0.4, 0.5) is 0 Å². The molecule has 0 fully saturated rings. The number of nitrogens with zero attached hydrogens (tertiary/aromatic N) is 1. The van der Waals surface area contributed by atoms with Crippen molar-refractivity contribution in [3.8, 4) is 0 Å². The Morgan fingerprint density at radius 1 is 1.67 bits per heavy atom. The van der Waals surface area contributed by atoms with Gasteiger partial charge in [-0.15, -0.1) is 0 Å². The van der Waals surface area contributed by atoms with Crippen LogP contribution in [0.15, 0.2) is 16.8 Å². The number of rotatable bonds is 5. The molecule has 0 saturated heterocycles. The number of carbonyl (C=O) groups is 1. The van der Waals surface area contributed by atoms with Gasteiger partial charge in [0.2, 0.25) is 5.91 Å². The molecule has 84 valence electrons. The normalized spacial score (nSPS) is 15.2. The molecular formula is C10H17N3OS. The summed E-state index contributed by atoms with van der Waals surface area (Å²) in [5, 5.41) is 4.05. The molecule has 15 heavy (non-hydrogen) atoms. The fraction of sp³-hybridized carbons (Fsp3) is 0.500. The average molecular weight is 227 g/mol. The van der Waals surface area contributed by atoms with Gasteiger partial charge < -0.3 is 11.5 Å². The molecule has 0 radical (unpaired) electrons. The van der Waals surface area contributed by atoms with E-state index in [0.717, 1.165) is 5.56 Å².